The van der Waals surface area contributed by atoms with Crippen LogP contribution in [0.1, 0.15) is 5.56 Å². The van der Waals surface area contributed by atoms with Crippen LogP contribution >= 0.6 is 0 Å². The van der Waals surface area contributed by atoms with Gasteiger partial charge in [0.05, 0.1) is 0 Å². The van der Waals surface area contributed by atoms with Gasteiger partial charge in [0.15, 0.2) is 0 Å². The Morgan fingerprint density at radius 1 is 0.810 bits per heavy atom. The quantitative estimate of drug-likeness (QED) is 0.573. The summed E-state index contributed by atoms with van der Waals surface area (Å²) in [5.41, 5.74) is 3.47. The van der Waals surface area contributed by atoms with Crippen molar-refractivity contribution >= 4 is 16.8 Å². The van der Waals surface area contributed by atoms with Gasteiger partial charge in [-0.2, -0.15) is 0 Å². The van der Waals surface area contributed by atoms with Crippen LogP contribution in [0.3, 0.4) is 0 Å². The van der Waals surface area contributed by atoms with Gasteiger partial charge in [0, 0.05) is 5.56 Å². The topological polar surface area (TPSA) is 9.23 Å². The monoisotopic (exact) mass is 270 g/mol. The van der Waals surface area contributed by atoms with E-state index in [1.807, 2.05) is 12.2 Å². The van der Waals surface area contributed by atoms with Crippen LogP contribution in [0.25, 0.3) is 28.0 Å². The highest BCUT2D eigenvalue weighted by Crippen LogP contribution is 2.34. The van der Waals surface area contributed by atoms with Gasteiger partial charge >= 0.3 is 0 Å². The first-order valence-corrected chi connectivity index (χ1v) is 6.98. The van der Waals surface area contributed by atoms with Crippen molar-refractivity contribution in [3.05, 3.63) is 84.6 Å². The summed E-state index contributed by atoms with van der Waals surface area (Å²) in [6, 6.07) is 21.1. The van der Waals surface area contributed by atoms with Crippen LogP contribution in [-0.2, 0) is 0 Å². The van der Waals surface area contributed by atoms with Crippen molar-refractivity contribution in [2.75, 3.05) is 0 Å². The molecule has 0 radical (unpaired) electrons. The fraction of sp³-hybridized carbons (Fsp3) is 0. The van der Waals surface area contributed by atoms with Gasteiger partial charge in [-0.15, -0.1) is 0 Å². The van der Waals surface area contributed by atoms with E-state index in [4.69, 9.17) is 4.74 Å². The third-order valence-corrected chi connectivity index (χ3v) is 3.80. The van der Waals surface area contributed by atoms with Crippen molar-refractivity contribution in [2.24, 2.45) is 0 Å². The van der Waals surface area contributed by atoms with Gasteiger partial charge < -0.3 is 4.74 Å². The molecule has 1 aliphatic rings. The molecule has 1 nitrogen and oxygen atoms in total. The largest absolute Gasteiger partial charge is 0.457 e. The van der Waals surface area contributed by atoms with Crippen molar-refractivity contribution in [1.82, 2.24) is 0 Å². The number of allylic oxidation sites excluding steroid dienone is 1. The average Bonchev–Trinajstić information content (AvgIpc) is 2.53. The lowest BCUT2D eigenvalue weighted by Gasteiger charge is -2.15. The van der Waals surface area contributed by atoms with Crippen molar-refractivity contribution in [3.63, 3.8) is 0 Å². The maximum atomic E-state index is 5.72. The summed E-state index contributed by atoms with van der Waals surface area (Å²) in [4.78, 5) is 0. The Kier molecular flexibility index (Phi) is 2.65. The Morgan fingerprint density at radius 3 is 2.62 bits per heavy atom. The summed E-state index contributed by atoms with van der Waals surface area (Å²) >= 11 is 0. The summed E-state index contributed by atoms with van der Waals surface area (Å²) in [6.45, 7) is 3.86. The summed E-state index contributed by atoms with van der Waals surface area (Å²) in [5.74, 6) is 1.55. The van der Waals surface area contributed by atoms with Crippen molar-refractivity contribution < 1.29 is 4.74 Å². The zero-order valence-electron chi connectivity index (χ0n) is 11.5. The van der Waals surface area contributed by atoms with Crippen LogP contribution in [0.15, 0.2) is 79.1 Å². The van der Waals surface area contributed by atoms with E-state index in [0.717, 1.165) is 16.9 Å². The minimum Gasteiger partial charge on any atom is -0.457 e. The van der Waals surface area contributed by atoms with E-state index in [9.17, 15) is 0 Å². The minimum atomic E-state index is 0.678. The molecule has 1 heteroatoms. The second-order valence-electron chi connectivity index (χ2n) is 5.18. The predicted molar refractivity (Wildman–Crippen MR) is 88.2 cm³/mol. The summed E-state index contributed by atoms with van der Waals surface area (Å²) in [6.07, 6.45) is 3.92. The fourth-order valence-electron chi connectivity index (χ4n) is 2.76. The van der Waals surface area contributed by atoms with Crippen molar-refractivity contribution in [1.29, 1.82) is 0 Å². The predicted octanol–water partition coefficient (Wildman–Crippen LogP) is 5.43. The summed E-state index contributed by atoms with van der Waals surface area (Å²) in [5, 5.41) is 2.50. The Hall–Kier alpha value is -2.80. The molecule has 0 saturated heterocycles. The Morgan fingerprint density at radius 2 is 1.67 bits per heavy atom. The summed E-state index contributed by atoms with van der Waals surface area (Å²) < 4.78 is 5.72. The van der Waals surface area contributed by atoms with Crippen molar-refractivity contribution in [3.8, 4) is 16.9 Å². The Labute approximate surface area is 123 Å². The highest BCUT2D eigenvalue weighted by molar-refractivity contribution is 5.97. The zero-order chi connectivity index (χ0) is 14.2. The molecule has 1 heterocycles. The van der Waals surface area contributed by atoms with E-state index >= 15 is 0 Å². The second kappa shape index (κ2) is 4.64. The first-order valence-electron chi connectivity index (χ1n) is 6.98. The molecule has 0 atom stereocenters. The van der Waals surface area contributed by atoms with Crippen LogP contribution < -0.4 is 4.74 Å². The van der Waals surface area contributed by atoms with Crippen LogP contribution in [-0.4, -0.2) is 0 Å². The number of rotatable bonds is 1. The van der Waals surface area contributed by atoms with Crippen molar-refractivity contribution in [2.45, 2.75) is 0 Å². The van der Waals surface area contributed by atoms with Gasteiger partial charge in [0.25, 0.3) is 0 Å². The van der Waals surface area contributed by atoms with E-state index in [-0.39, 0.29) is 0 Å². The molecular weight excluding hydrogens is 256 g/mol. The molecule has 0 fully saturated rings. The first kappa shape index (κ1) is 12.0. The van der Waals surface area contributed by atoms with Gasteiger partial charge in [0.2, 0.25) is 0 Å². The molecule has 1 aliphatic heterocycles. The first-order chi connectivity index (χ1) is 10.3. The number of benzene rings is 3. The van der Waals surface area contributed by atoms with Gasteiger partial charge in [-0.05, 0) is 40.1 Å². The lowest BCUT2D eigenvalue weighted by Crippen LogP contribution is -1.97. The molecule has 0 saturated carbocycles. The lowest BCUT2D eigenvalue weighted by molar-refractivity contribution is 0.442. The number of ether oxygens (including phenoxy) is 1. The Balaban J connectivity index is 1.92. The molecule has 0 aromatic heterocycles. The third-order valence-electron chi connectivity index (χ3n) is 3.80. The molecule has 0 spiro atoms. The molecule has 3 aromatic carbocycles. The smallest absolute Gasteiger partial charge is 0.135 e. The van der Waals surface area contributed by atoms with E-state index in [1.54, 1.807) is 0 Å². The third kappa shape index (κ3) is 2.03. The Bertz CT molecular complexity index is 882. The van der Waals surface area contributed by atoms with E-state index in [0.29, 0.717) is 5.76 Å². The van der Waals surface area contributed by atoms with E-state index < -0.39 is 0 Å². The van der Waals surface area contributed by atoms with Gasteiger partial charge in [-0.3, -0.25) is 0 Å². The molecule has 4 rings (SSSR count). The normalized spacial score (nSPS) is 13.0. The maximum absolute atomic E-state index is 5.72. The average molecular weight is 270 g/mol. The number of fused-ring (bicyclic) bond motifs is 2. The molecular formula is C20H14O. The van der Waals surface area contributed by atoms with Crippen LogP contribution in [0.2, 0.25) is 0 Å². The standard InChI is InChI=1S/C20H14O/c1-14-9-10-16-11-12-17(13-20(16)21-14)19-8-4-6-15-5-2-3-7-18(15)19/h2-13H,1H2. The molecule has 0 unspecified atom stereocenters. The molecule has 3 aromatic rings. The second-order valence-corrected chi connectivity index (χ2v) is 5.18. The minimum absolute atomic E-state index is 0.678. The molecule has 0 aliphatic carbocycles. The molecule has 100 valence electrons. The highest BCUT2D eigenvalue weighted by atomic mass is 16.5. The maximum Gasteiger partial charge on any atom is 0.135 e. The van der Waals surface area contributed by atoms with E-state index in [1.165, 1.54) is 16.3 Å². The van der Waals surface area contributed by atoms with Crippen LogP contribution in [0, 0.1) is 0 Å². The lowest BCUT2D eigenvalue weighted by atomic mass is 9.96. The van der Waals surface area contributed by atoms with Crippen LogP contribution in [0.5, 0.6) is 5.75 Å². The molecule has 0 N–H and O–H groups in total. The SMILES string of the molecule is C=C1C=Cc2ccc(-c3cccc4ccccc34)cc2O1. The van der Waals surface area contributed by atoms with Crippen LogP contribution in [0.4, 0.5) is 0 Å². The van der Waals surface area contributed by atoms with Gasteiger partial charge in [-0.1, -0.05) is 61.2 Å². The highest BCUT2D eigenvalue weighted by Gasteiger charge is 2.11. The summed E-state index contributed by atoms with van der Waals surface area (Å²) in [7, 11) is 0. The van der Waals surface area contributed by atoms with E-state index in [2.05, 4.69) is 67.2 Å². The van der Waals surface area contributed by atoms with Gasteiger partial charge in [-0.25, -0.2) is 0 Å². The molecule has 0 amide bonds. The number of hydrogen-bond acceptors (Lipinski definition) is 1. The van der Waals surface area contributed by atoms with Gasteiger partial charge in [0.1, 0.15) is 11.5 Å². The molecule has 21 heavy (non-hydrogen) atoms. The molecule has 0 bridgehead atoms. The fourth-order valence-corrected chi connectivity index (χ4v) is 2.76. The zero-order valence-corrected chi connectivity index (χ0v) is 11.5. The number of hydrogen-bond donors (Lipinski definition) is 0.